The van der Waals surface area contributed by atoms with Crippen molar-refractivity contribution in [2.45, 2.75) is 19.5 Å². The van der Waals surface area contributed by atoms with Crippen LogP contribution in [0.4, 0.5) is 19.1 Å². The molecule has 0 spiro atoms. The predicted molar refractivity (Wildman–Crippen MR) is 89.9 cm³/mol. The smallest absolute Gasteiger partial charge is 0.293 e. The first-order valence-electron chi connectivity index (χ1n) is 7.78. The summed E-state index contributed by atoms with van der Waals surface area (Å²) in [5.74, 6) is 0.184. The maximum absolute atomic E-state index is 12.7. The maximum Gasteiger partial charge on any atom is 0.416 e. The number of hydrogen-bond acceptors (Lipinski definition) is 3. The average Bonchev–Trinajstić information content (AvgIpc) is 2.95. The third-order valence-corrected chi connectivity index (χ3v) is 3.64. The quantitative estimate of drug-likeness (QED) is 0.770. The number of aromatic nitrogens is 3. The number of hydrogen-bond donors (Lipinski definition) is 1. The van der Waals surface area contributed by atoms with Gasteiger partial charge in [-0.2, -0.15) is 18.2 Å². The van der Waals surface area contributed by atoms with Crippen molar-refractivity contribution in [1.82, 2.24) is 14.8 Å². The molecule has 1 amide bonds. The summed E-state index contributed by atoms with van der Waals surface area (Å²) in [5, 5.41) is 6.73. The van der Waals surface area contributed by atoms with E-state index in [2.05, 4.69) is 15.4 Å². The zero-order valence-electron chi connectivity index (χ0n) is 13.8. The van der Waals surface area contributed by atoms with Crippen LogP contribution in [0.5, 0.6) is 0 Å². The van der Waals surface area contributed by atoms with E-state index >= 15 is 0 Å². The minimum Gasteiger partial charge on any atom is -0.293 e. The van der Waals surface area contributed by atoms with E-state index in [4.69, 9.17) is 0 Å². The van der Waals surface area contributed by atoms with Gasteiger partial charge in [0.15, 0.2) is 0 Å². The Morgan fingerprint density at radius 2 is 1.85 bits per heavy atom. The third-order valence-electron chi connectivity index (χ3n) is 3.64. The summed E-state index contributed by atoms with van der Waals surface area (Å²) in [4.78, 5) is 16.3. The van der Waals surface area contributed by atoms with E-state index in [9.17, 15) is 18.0 Å². The van der Waals surface area contributed by atoms with Gasteiger partial charge in [-0.3, -0.25) is 10.1 Å². The molecule has 1 aromatic heterocycles. The second-order valence-corrected chi connectivity index (χ2v) is 5.65. The highest BCUT2D eigenvalue weighted by atomic mass is 19.4. The first-order valence-corrected chi connectivity index (χ1v) is 7.78. The first-order chi connectivity index (χ1) is 12.3. The van der Waals surface area contributed by atoms with Crippen molar-refractivity contribution in [2.24, 2.45) is 0 Å². The number of benzene rings is 2. The zero-order chi connectivity index (χ0) is 18.7. The molecule has 8 heteroatoms. The maximum atomic E-state index is 12.7. The summed E-state index contributed by atoms with van der Waals surface area (Å²) >= 11 is 0. The molecule has 3 rings (SSSR count). The minimum atomic E-state index is -4.44. The number of carbonyl (C=O) groups excluding carboxylic acids is 1. The van der Waals surface area contributed by atoms with E-state index in [0.29, 0.717) is 5.82 Å². The molecule has 0 aliphatic heterocycles. The van der Waals surface area contributed by atoms with E-state index < -0.39 is 17.6 Å². The van der Waals surface area contributed by atoms with E-state index in [0.717, 1.165) is 17.8 Å². The molecule has 0 aliphatic carbocycles. The van der Waals surface area contributed by atoms with E-state index in [1.165, 1.54) is 12.1 Å². The average molecular weight is 360 g/mol. The summed E-state index contributed by atoms with van der Waals surface area (Å²) in [6.45, 7) is 1.74. The molecule has 0 bridgehead atoms. The summed E-state index contributed by atoms with van der Waals surface area (Å²) in [6, 6.07) is 13.9. The van der Waals surface area contributed by atoms with Gasteiger partial charge in [0.05, 0.1) is 17.7 Å². The van der Waals surface area contributed by atoms with Crippen LogP contribution in [0.2, 0.25) is 0 Å². The number of carbonyl (C=O) groups is 1. The summed E-state index contributed by atoms with van der Waals surface area (Å²) in [7, 11) is 0. The molecule has 134 valence electrons. The third kappa shape index (κ3) is 4.08. The van der Waals surface area contributed by atoms with Gasteiger partial charge in [0.25, 0.3) is 0 Å². The molecule has 0 radical (unpaired) electrons. The van der Waals surface area contributed by atoms with Crippen LogP contribution in [0, 0.1) is 6.92 Å². The zero-order valence-corrected chi connectivity index (χ0v) is 13.8. The second-order valence-electron chi connectivity index (χ2n) is 5.65. The number of rotatable bonds is 4. The summed E-state index contributed by atoms with van der Waals surface area (Å²) in [6.07, 6.45) is -4.65. The van der Waals surface area contributed by atoms with Crippen LogP contribution in [-0.4, -0.2) is 20.7 Å². The minimum absolute atomic E-state index is 0.100. The van der Waals surface area contributed by atoms with Crippen LogP contribution in [-0.2, 0) is 17.4 Å². The fourth-order valence-corrected chi connectivity index (χ4v) is 2.47. The Bertz CT molecular complexity index is 920. The number of aryl methyl sites for hydroxylation is 1. The van der Waals surface area contributed by atoms with Crippen LogP contribution in [0.3, 0.4) is 0 Å². The van der Waals surface area contributed by atoms with Crippen molar-refractivity contribution in [3.8, 4) is 5.69 Å². The summed E-state index contributed by atoms with van der Waals surface area (Å²) < 4.78 is 39.8. The van der Waals surface area contributed by atoms with Crippen molar-refractivity contribution in [2.75, 3.05) is 5.32 Å². The Hall–Kier alpha value is -3.16. The van der Waals surface area contributed by atoms with E-state index in [-0.39, 0.29) is 17.9 Å². The van der Waals surface area contributed by atoms with Gasteiger partial charge in [-0.15, -0.1) is 5.10 Å². The number of alkyl halides is 3. The SMILES string of the molecule is Cc1nc(NC(=O)Cc2cccc(C(F)(F)F)c2)nn1-c1ccccc1. The fraction of sp³-hybridized carbons (Fsp3) is 0.167. The van der Waals surface area contributed by atoms with Crippen LogP contribution in [0.1, 0.15) is 17.0 Å². The molecule has 1 heterocycles. The van der Waals surface area contributed by atoms with Gasteiger partial charge < -0.3 is 0 Å². The lowest BCUT2D eigenvalue weighted by Gasteiger charge is -2.08. The molecule has 26 heavy (non-hydrogen) atoms. The Morgan fingerprint density at radius 1 is 1.12 bits per heavy atom. The van der Waals surface area contributed by atoms with Crippen LogP contribution in [0.25, 0.3) is 5.69 Å². The molecule has 1 N–H and O–H groups in total. The van der Waals surface area contributed by atoms with Crippen molar-refractivity contribution < 1.29 is 18.0 Å². The largest absolute Gasteiger partial charge is 0.416 e. The fourth-order valence-electron chi connectivity index (χ4n) is 2.47. The molecule has 3 aromatic rings. The van der Waals surface area contributed by atoms with Gasteiger partial charge in [-0.05, 0) is 30.7 Å². The molecule has 0 saturated heterocycles. The molecule has 0 atom stereocenters. The highest BCUT2D eigenvalue weighted by molar-refractivity contribution is 5.90. The molecule has 0 fully saturated rings. The van der Waals surface area contributed by atoms with Gasteiger partial charge >= 0.3 is 6.18 Å². The number of halogens is 3. The number of anilines is 1. The molecule has 0 unspecified atom stereocenters. The van der Waals surface area contributed by atoms with Crippen molar-refractivity contribution in [3.63, 3.8) is 0 Å². The molecule has 2 aromatic carbocycles. The van der Waals surface area contributed by atoms with Gasteiger partial charge in [-0.1, -0.05) is 36.4 Å². The van der Waals surface area contributed by atoms with E-state index in [1.807, 2.05) is 30.3 Å². The Kier molecular flexibility index (Phi) is 4.75. The van der Waals surface area contributed by atoms with E-state index in [1.54, 1.807) is 11.6 Å². The van der Waals surface area contributed by atoms with Gasteiger partial charge in [0.2, 0.25) is 11.9 Å². The van der Waals surface area contributed by atoms with Crippen LogP contribution in [0.15, 0.2) is 54.6 Å². The topological polar surface area (TPSA) is 59.8 Å². The normalized spacial score (nSPS) is 11.4. The number of nitrogens with zero attached hydrogens (tertiary/aromatic N) is 3. The molecular formula is C18H15F3N4O. The molecular weight excluding hydrogens is 345 g/mol. The molecule has 0 aliphatic rings. The summed E-state index contributed by atoms with van der Waals surface area (Å²) in [5.41, 5.74) is 0.262. The van der Waals surface area contributed by atoms with Crippen LogP contribution < -0.4 is 5.32 Å². The Labute approximate surface area is 147 Å². The van der Waals surface area contributed by atoms with Crippen LogP contribution >= 0.6 is 0 Å². The van der Waals surface area contributed by atoms with Crippen molar-refractivity contribution in [3.05, 3.63) is 71.5 Å². The standard InChI is InChI=1S/C18H15F3N4O/c1-12-22-17(24-25(12)15-8-3-2-4-9-15)23-16(26)11-13-6-5-7-14(10-13)18(19,20)21/h2-10H,11H2,1H3,(H,23,24,26). The lowest BCUT2D eigenvalue weighted by atomic mass is 10.1. The first kappa shape index (κ1) is 17.7. The monoisotopic (exact) mass is 360 g/mol. The molecule has 5 nitrogen and oxygen atoms in total. The number of nitrogens with one attached hydrogen (secondary N) is 1. The predicted octanol–water partition coefficient (Wildman–Crippen LogP) is 3.78. The lowest BCUT2D eigenvalue weighted by molar-refractivity contribution is -0.137. The lowest BCUT2D eigenvalue weighted by Crippen LogP contribution is -2.16. The van der Waals surface area contributed by atoms with Gasteiger partial charge in [0, 0.05) is 0 Å². The van der Waals surface area contributed by atoms with Crippen molar-refractivity contribution >= 4 is 11.9 Å². The number of para-hydroxylation sites is 1. The Balaban J connectivity index is 1.71. The van der Waals surface area contributed by atoms with Crippen molar-refractivity contribution in [1.29, 1.82) is 0 Å². The highest BCUT2D eigenvalue weighted by Crippen LogP contribution is 2.29. The molecule has 0 saturated carbocycles. The number of amides is 1. The highest BCUT2D eigenvalue weighted by Gasteiger charge is 2.30. The van der Waals surface area contributed by atoms with Gasteiger partial charge in [-0.25, -0.2) is 4.68 Å². The van der Waals surface area contributed by atoms with Gasteiger partial charge in [0.1, 0.15) is 5.82 Å². The second kappa shape index (κ2) is 6.99. The Morgan fingerprint density at radius 3 is 2.54 bits per heavy atom.